The lowest BCUT2D eigenvalue weighted by molar-refractivity contribution is -0.141. The summed E-state index contributed by atoms with van der Waals surface area (Å²) in [5.74, 6) is -0.843. The van der Waals surface area contributed by atoms with E-state index in [0.717, 1.165) is 41.2 Å². The summed E-state index contributed by atoms with van der Waals surface area (Å²) in [5, 5.41) is 12.6. The van der Waals surface area contributed by atoms with Crippen LogP contribution >= 0.6 is 11.3 Å². The highest BCUT2D eigenvalue weighted by molar-refractivity contribution is 7.17. The highest BCUT2D eigenvalue weighted by atomic mass is 32.1. The number of thiophene rings is 1. The normalized spacial score (nSPS) is 15.1. The molecule has 1 aliphatic rings. The van der Waals surface area contributed by atoms with E-state index in [0.29, 0.717) is 13.1 Å². The van der Waals surface area contributed by atoms with E-state index < -0.39 is 17.8 Å². The van der Waals surface area contributed by atoms with Crippen molar-refractivity contribution in [2.24, 2.45) is 0 Å². The molecule has 1 fully saturated rings. The standard InChI is InChI=1S/C21H19F3N4O2S/c22-21(23,24)18-6-9-25-20(27-18)28-10-7-14(8-11-28)26-15-3-1-2-13(12-15)16-4-5-17(31-16)19(29)30/h1-6,9,12,14,26H,7-8,10-11H2,(H,29,30). The van der Waals surface area contributed by atoms with Gasteiger partial charge in [0.15, 0.2) is 0 Å². The minimum Gasteiger partial charge on any atom is -0.477 e. The molecule has 3 heterocycles. The van der Waals surface area contributed by atoms with E-state index in [1.165, 1.54) is 11.3 Å². The maximum atomic E-state index is 12.9. The molecule has 0 spiro atoms. The first-order chi connectivity index (χ1) is 14.8. The minimum atomic E-state index is -4.49. The van der Waals surface area contributed by atoms with Crippen LogP contribution in [0.15, 0.2) is 48.7 Å². The summed E-state index contributed by atoms with van der Waals surface area (Å²) in [7, 11) is 0. The van der Waals surface area contributed by atoms with Crippen molar-refractivity contribution in [3.8, 4) is 10.4 Å². The van der Waals surface area contributed by atoms with Gasteiger partial charge >= 0.3 is 12.1 Å². The summed E-state index contributed by atoms with van der Waals surface area (Å²) in [6.45, 7) is 1.09. The van der Waals surface area contributed by atoms with Gasteiger partial charge in [-0.05, 0) is 48.7 Å². The van der Waals surface area contributed by atoms with Crippen LogP contribution in [0.2, 0.25) is 0 Å². The molecule has 6 nitrogen and oxygen atoms in total. The molecule has 0 bridgehead atoms. The Hall–Kier alpha value is -3.14. The minimum absolute atomic E-state index is 0.0993. The van der Waals surface area contributed by atoms with Crippen molar-refractivity contribution in [1.82, 2.24) is 9.97 Å². The fraction of sp³-hybridized carbons (Fsp3) is 0.286. The number of hydrogen-bond donors (Lipinski definition) is 2. The van der Waals surface area contributed by atoms with Crippen molar-refractivity contribution in [1.29, 1.82) is 0 Å². The molecule has 0 saturated carbocycles. The first-order valence-corrected chi connectivity index (χ1v) is 10.5. The van der Waals surface area contributed by atoms with Gasteiger partial charge in [0.05, 0.1) is 0 Å². The summed E-state index contributed by atoms with van der Waals surface area (Å²) in [4.78, 5) is 21.7. The van der Waals surface area contributed by atoms with Gasteiger partial charge in [-0.2, -0.15) is 13.2 Å². The fourth-order valence-corrected chi connectivity index (χ4v) is 4.33. The molecular formula is C21H19F3N4O2S. The predicted octanol–water partition coefficient (Wildman–Crippen LogP) is 5.00. The molecule has 1 aromatic carbocycles. The van der Waals surface area contributed by atoms with E-state index in [1.807, 2.05) is 24.3 Å². The number of benzene rings is 1. The molecule has 0 atom stereocenters. The number of anilines is 2. The Morgan fingerprint density at radius 3 is 2.61 bits per heavy atom. The Labute approximate surface area is 180 Å². The number of carboxylic acids is 1. The number of nitrogens with one attached hydrogen (secondary N) is 1. The van der Waals surface area contributed by atoms with Crippen LogP contribution in [0.3, 0.4) is 0 Å². The quantitative estimate of drug-likeness (QED) is 0.572. The summed E-state index contributed by atoms with van der Waals surface area (Å²) in [6, 6.07) is 12.2. The van der Waals surface area contributed by atoms with Gasteiger partial charge in [-0.3, -0.25) is 0 Å². The molecule has 0 amide bonds. The highest BCUT2D eigenvalue weighted by Gasteiger charge is 2.33. The van der Waals surface area contributed by atoms with Gasteiger partial charge in [-0.1, -0.05) is 12.1 Å². The van der Waals surface area contributed by atoms with Crippen LogP contribution in [0.25, 0.3) is 10.4 Å². The molecule has 162 valence electrons. The second kappa shape index (κ2) is 8.54. The highest BCUT2D eigenvalue weighted by Crippen LogP contribution is 2.31. The Bertz CT molecular complexity index is 1080. The number of alkyl halides is 3. The van der Waals surface area contributed by atoms with Crippen LogP contribution in [-0.4, -0.2) is 40.2 Å². The number of hydrogen-bond acceptors (Lipinski definition) is 6. The zero-order chi connectivity index (χ0) is 22.0. The van der Waals surface area contributed by atoms with Gasteiger partial charge in [0.1, 0.15) is 10.6 Å². The molecule has 3 aromatic rings. The Balaban J connectivity index is 1.39. The summed E-state index contributed by atoms with van der Waals surface area (Å²) >= 11 is 1.22. The third-order valence-corrected chi connectivity index (χ3v) is 6.17. The van der Waals surface area contributed by atoms with Gasteiger partial charge in [-0.25, -0.2) is 14.8 Å². The van der Waals surface area contributed by atoms with E-state index in [9.17, 15) is 18.0 Å². The molecule has 0 unspecified atom stereocenters. The lowest BCUT2D eigenvalue weighted by Gasteiger charge is -2.33. The van der Waals surface area contributed by atoms with Crippen LogP contribution in [0.4, 0.5) is 24.8 Å². The number of piperidine rings is 1. The number of aromatic nitrogens is 2. The van der Waals surface area contributed by atoms with Crippen molar-refractivity contribution in [2.75, 3.05) is 23.3 Å². The summed E-state index contributed by atoms with van der Waals surface area (Å²) < 4.78 is 38.7. The van der Waals surface area contributed by atoms with Gasteiger partial charge < -0.3 is 15.3 Å². The van der Waals surface area contributed by atoms with E-state index in [-0.39, 0.29) is 16.9 Å². The van der Waals surface area contributed by atoms with Crippen molar-refractivity contribution < 1.29 is 23.1 Å². The largest absolute Gasteiger partial charge is 0.477 e. The number of aromatic carboxylic acids is 1. The molecule has 2 N–H and O–H groups in total. The van der Waals surface area contributed by atoms with Crippen LogP contribution in [0, 0.1) is 0 Å². The molecule has 31 heavy (non-hydrogen) atoms. The average Bonchev–Trinajstić information content (AvgIpc) is 3.25. The van der Waals surface area contributed by atoms with Gasteiger partial charge in [0.25, 0.3) is 0 Å². The van der Waals surface area contributed by atoms with Crippen LogP contribution in [0.1, 0.15) is 28.2 Å². The van der Waals surface area contributed by atoms with Crippen LogP contribution in [0.5, 0.6) is 0 Å². The van der Waals surface area contributed by atoms with Crippen molar-refractivity contribution >= 4 is 28.9 Å². The van der Waals surface area contributed by atoms with Crippen molar-refractivity contribution in [2.45, 2.75) is 25.1 Å². The molecule has 0 radical (unpaired) electrons. The molecular weight excluding hydrogens is 429 g/mol. The van der Waals surface area contributed by atoms with Gasteiger partial charge in [0, 0.05) is 35.9 Å². The van der Waals surface area contributed by atoms with Gasteiger partial charge in [-0.15, -0.1) is 11.3 Å². The Morgan fingerprint density at radius 1 is 1.16 bits per heavy atom. The third-order valence-electron chi connectivity index (χ3n) is 5.05. The number of nitrogens with zero attached hydrogens (tertiary/aromatic N) is 3. The number of carboxylic acid groups (broad SMARTS) is 1. The van der Waals surface area contributed by atoms with Gasteiger partial charge in [0.2, 0.25) is 5.95 Å². The molecule has 0 aliphatic carbocycles. The lowest BCUT2D eigenvalue weighted by Crippen LogP contribution is -2.40. The zero-order valence-electron chi connectivity index (χ0n) is 16.3. The summed E-state index contributed by atoms with van der Waals surface area (Å²) in [5.41, 5.74) is 0.906. The number of carbonyl (C=O) groups is 1. The average molecular weight is 448 g/mol. The van der Waals surface area contributed by atoms with E-state index >= 15 is 0 Å². The second-order valence-electron chi connectivity index (χ2n) is 7.20. The fourth-order valence-electron chi connectivity index (χ4n) is 3.49. The topological polar surface area (TPSA) is 78.4 Å². The monoisotopic (exact) mass is 448 g/mol. The maximum Gasteiger partial charge on any atom is 0.433 e. The summed E-state index contributed by atoms with van der Waals surface area (Å²) in [6.07, 6.45) is -1.89. The third kappa shape index (κ3) is 4.96. The van der Waals surface area contributed by atoms with E-state index in [1.54, 1.807) is 17.0 Å². The Kier molecular flexibility index (Phi) is 5.81. The van der Waals surface area contributed by atoms with Crippen LogP contribution in [-0.2, 0) is 6.18 Å². The molecule has 2 aromatic heterocycles. The van der Waals surface area contributed by atoms with Crippen LogP contribution < -0.4 is 10.2 Å². The molecule has 1 aliphatic heterocycles. The SMILES string of the molecule is O=C(O)c1ccc(-c2cccc(NC3CCN(c4nccc(C(F)(F)F)n4)CC3)c2)s1. The first-order valence-electron chi connectivity index (χ1n) is 9.65. The smallest absolute Gasteiger partial charge is 0.433 e. The second-order valence-corrected chi connectivity index (χ2v) is 8.28. The first kappa shape index (κ1) is 21.1. The molecule has 10 heteroatoms. The number of halogens is 3. The maximum absolute atomic E-state index is 12.9. The van der Waals surface area contributed by atoms with Crippen molar-refractivity contribution in [3.63, 3.8) is 0 Å². The van der Waals surface area contributed by atoms with E-state index in [4.69, 9.17) is 5.11 Å². The zero-order valence-corrected chi connectivity index (χ0v) is 17.1. The molecule has 1 saturated heterocycles. The lowest BCUT2D eigenvalue weighted by atomic mass is 10.0. The predicted molar refractivity (Wildman–Crippen MR) is 113 cm³/mol. The molecule has 4 rings (SSSR count). The number of rotatable bonds is 5. The van der Waals surface area contributed by atoms with Crippen molar-refractivity contribution in [3.05, 3.63) is 59.2 Å². The van der Waals surface area contributed by atoms with E-state index in [2.05, 4.69) is 15.3 Å². The Morgan fingerprint density at radius 2 is 1.94 bits per heavy atom.